The van der Waals surface area contributed by atoms with Gasteiger partial charge in [-0.25, -0.2) is 0 Å². The summed E-state index contributed by atoms with van der Waals surface area (Å²) in [4.78, 5) is 2.64. The second-order valence-electron chi connectivity index (χ2n) is 23.0. The van der Waals surface area contributed by atoms with Gasteiger partial charge in [0, 0.05) is 33.2 Å². The van der Waals surface area contributed by atoms with Gasteiger partial charge >= 0.3 is 0 Å². The number of anilines is 3. The molecule has 10 rings (SSSR count). The molecule has 2 nitrogen and oxygen atoms in total. The molecular formula is C52H57B22NO. The van der Waals surface area contributed by atoms with Crippen LogP contribution in [0.25, 0.3) is 77.2 Å². The van der Waals surface area contributed by atoms with Gasteiger partial charge in [-0.1, -0.05) is 142 Å². The highest BCUT2D eigenvalue weighted by Crippen LogP contribution is 2.41. The number of furan rings is 1. The Labute approximate surface area is 472 Å². The minimum atomic E-state index is 0.902. The van der Waals surface area contributed by atoms with Crippen molar-refractivity contribution < 1.29 is 4.42 Å². The van der Waals surface area contributed by atoms with E-state index in [1.165, 1.54) is 170 Å². The maximum atomic E-state index is 6.77. The molecule has 0 atom stereocenters. The fourth-order valence-electron chi connectivity index (χ4n) is 13.8. The van der Waals surface area contributed by atoms with Crippen LogP contribution in [0.15, 0.2) is 83.3 Å². The van der Waals surface area contributed by atoms with Crippen LogP contribution in [-0.2, 0) is 0 Å². The Morgan fingerprint density at radius 2 is 0.645 bits per heavy atom. The minimum absolute atomic E-state index is 0.902. The molecule has 0 spiro atoms. The highest BCUT2D eigenvalue weighted by molar-refractivity contribution is 6.74. The van der Waals surface area contributed by atoms with Crippen LogP contribution in [0.5, 0.6) is 0 Å². The monoisotopic (exact) mass is 954 g/mol. The first-order valence-electron chi connectivity index (χ1n) is 27.6. The summed E-state index contributed by atoms with van der Waals surface area (Å²) in [6, 6.07) is 28.9. The lowest BCUT2D eigenvalue weighted by Crippen LogP contribution is -2.57. The number of hydrogen-bond acceptors (Lipinski definition) is 2. The Bertz CT molecular complexity index is 4080. The number of nitrogens with zero attached hydrogens (tertiary/aromatic N) is 1. The third-order valence-electron chi connectivity index (χ3n) is 19.8. The van der Waals surface area contributed by atoms with Crippen LogP contribution in [0.1, 0.15) is 0 Å². The molecule has 9 aromatic carbocycles. The standard InChI is InChI=1S/C52H57B22NO/c53-28-22(24-32(57)40(65)44(69)41(66)33(24)58)29(54)31(56)23(30(28)55)26-36(61)46(71)50(47(72)37(26)62)75(51-48(73)38(63)27(39(64)49(51)74)25-34(59)42(67)45(70)43(68)35(25)60)16-7-3-6-15(13-16)17-9-4-10-20-21(17)19-12-11-14-5-1-2-8-18(14)52(19)76-20/h1-13H,53-74H2. The number of hydrogen-bond donors (Lipinski definition) is 0. The summed E-state index contributed by atoms with van der Waals surface area (Å²) in [5.74, 6) is 0. The van der Waals surface area contributed by atoms with Crippen molar-refractivity contribution >= 4 is 343 Å². The molecule has 0 radical (unpaired) electrons. The topological polar surface area (TPSA) is 16.4 Å². The van der Waals surface area contributed by atoms with E-state index in [0.29, 0.717) is 0 Å². The normalized spacial score (nSPS) is 11.5. The SMILES string of the molecule is Bc1c(B)c(B)c(-c2c(B)c(B)c(-c3c(B)c(B)c(N(c4cccc(-c5cccc6oc7c8ccccc8ccc7c56)c4)c4c(B)c(B)c(-c5c(B)c(B)c(B)c(B)c5B)c(B)c4B)c(B)c3B)c(B)c2B)c(B)c1B. The van der Waals surface area contributed by atoms with Crippen LogP contribution in [-0.4, -0.2) is 173 Å². The van der Waals surface area contributed by atoms with Crippen molar-refractivity contribution in [1.82, 2.24) is 0 Å². The van der Waals surface area contributed by atoms with Crippen LogP contribution in [0.2, 0.25) is 0 Å². The van der Waals surface area contributed by atoms with Gasteiger partial charge in [-0.2, -0.15) is 0 Å². The smallest absolute Gasteiger partial charge is 0.143 e. The summed E-state index contributed by atoms with van der Waals surface area (Å²) < 4.78 is 6.77. The second-order valence-corrected chi connectivity index (χ2v) is 23.0. The summed E-state index contributed by atoms with van der Waals surface area (Å²) >= 11 is 0. The predicted octanol–water partition coefficient (Wildman–Crippen LogP) is -23.4. The number of benzene rings is 9. The van der Waals surface area contributed by atoms with Crippen LogP contribution in [0.4, 0.5) is 17.1 Å². The van der Waals surface area contributed by atoms with Crippen LogP contribution >= 0.6 is 0 Å². The molecule has 342 valence electrons. The number of fused-ring (bicyclic) bond motifs is 5. The highest BCUT2D eigenvalue weighted by atomic mass is 16.3. The predicted molar refractivity (Wildman–Crippen MR) is 408 cm³/mol. The molecule has 0 aliphatic heterocycles. The first-order chi connectivity index (χ1) is 35.9. The Morgan fingerprint density at radius 1 is 0.289 bits per heavy atom. The Hall–Kier alpha value is -5.73. The van der Waals surface area contributed by atoms with Gasteiger partial charge in [0.25, 0.3) is 0 Å². The van der Waals surface area contributed by atoms with Gasteiger partial charge in [0.05, 0.1) is 0 Å². The van der Waals surface area contributed by atoms with E-state index in [0.717, 1.165) is 44.1 Å². The average molecular weight is 950 g/mol. The molecule has 24 heteroatoms. The van der Waals surface area contributed by atoms with E-state index < -0.39 is 0 Å². The largest absolute Gasteiger partial charge is 0.455 e. The van der Waals surface area contributed by atoms with Crippen LogP contribution < -0.4 is 125 Å². The molecule has 1 aromatic heterocycles. The van der Waals surface area contributed by atoms with Crippen molar-refractivity contribution in [2.24, 2.45) is 0 Å². The lowest BCUT2D eigenvalue weighted by atomic mass is 9.55. The summed E-state index contributed by atoms with van der Waals surface area (Å²) in [6.45, 7) is 0. The van der Waals surface area contributed by atoms with Gasteiger partial charge in [0.1, 0.15) is 184 Å². The van der Waals surface area contributed by atoms with Crippen LogP contribution in [0, 0.1) is 0 Å². The van der Waals surface area contributed by atoms with Gasteiger partial charge in [0.2, 0.25) is 0 Å². The van der Waals surface area contributed by atoms with Crippen molar-refractivity contribution in [2.45, 2.75) is 0 Å². The molecule has 0 bridgehead atoms. The number of rotatable bonds is 7. The first kappa shape index (κ1) is 53.7. The third-order valence-corrected chi connectivity index (χ3v) is 19.8. The van der Waals surface area contributed by atoms with Crippen molar-refractivity contribution in [2.75, 3.05) is 4.90 Å². The molecule has 0 N–H and O–H groups in total. The van der Waals surface area contributed by atoms with Gasteiger partial charge in [-0.15, -0.1) is 32.8 Å². The zero-order chi connectivity index (χ0) is 55.0. The van der Waals surface area contributed by atoms with E-state index in [2.05, 4.69) is 256 Å². The highest BCUT2D eigenvalue weighted by Gasteiger charge is 2.30. The fraction of sp³-hybridized carbons (Fsp3) is 0. The van der Waals surface area contributed by atoms with Gasteiger partial charge in [-0.3, -0.25) is 0 Å². The molecule has 10 aromatic rings. The molecule has 0 amide bonds. The molecule has 0 aliphatic carbocycles. The van der Waals surface area contributed by atoms with E-state index >= 15 is 0 Å². The summed E-state index contributed by atoms with van der Waals surface area (Å²) in [5, 5.41) is 4.60. The summed E-state index contributed by atoms with van der Waals surface area (Å²) in [5.41, 5.74) is 46.0. The van der Waals surface area contributed by atoms with Gasteiger partial charge in [0.15, 0.2) is 0 Å². The van der Waals surface area contributed by atoms with Crippen molar-refractivity contribution in [1.29, 1.82) is 0 Å². The zero-order valence-electron chi connectivity index (χ0n) is 49.9. The molecule has 0 saturated carbocycles. The van der Waals surface area contributed by atoms with Gasteiger partial charge in [-0.05, 0) is 74.2 Å². The summed E-state index contributed by atoms with van der Waals surface area (Å²) in [7, 11) is 51.6. The van der Waals surface area contributed by atoms with Crippen molar-refractivity contribution in [3.05, 3.63) is 78.9 Å². The third kappa shape index (κ3) is 7.86. The molecule has 1 heterocycles. The Morgan fingerprint density at radius 3 is 1.07 bits per heavy atom. The molecule has 76 heavy (non-hydrogen) atoms. The maximum absolute atomic E-state index is 6.77. The van der Waals surface area contributed by atoms with E-state index in [-0.39, 0.29) is 0 Å². The molecule has 0 aliphatic rings. The van der Waals surface area contributed by atoms with Crippen LogP contribution in [0.3, 0.4) is 0 Å². The Kier molecular flexibility index (Phi) is 13.9. The molecule has 0 fully saturated rings. The zero-order valence-corrected chi connectivity index (χ0v) is 49.9. The molecular weight excluding hydrogens is 892 g/mol. The molecule has 0 saturated heterocycles. The lowest BCUT2D eigenvalue weighted by Gasteiger charge is -2.37. The maximum Gasteiger partial charge on any atom is 0.143 e. The fourth-order valence-corrected chi connectivity index (χ4v) is 13.8. The average Bonchev–Trinajstić information content (AvgIpc) is 3.83. The Balaban J connectivity index is 1.25. The summed E-state index contributed by atoms with van der Waals surface area (Å²) in [6.07, 6.45) is 0. The van der Waals surface area contributed by atoms with Crippen molar-refractivity contribution in [3.63, 3.8) is 0 Å². The first-order valence-corrected chi connectivity index (χ1v) is 27.6. The second kappa shape index (κ2) is 19.6. The minimum Gasteiger partial charge on any atom is -0.455 e. The van der Waals surface area contributed by atoms with E-state index in [1.807, 2.05) is 0 Å². The molecule has 0 unspecified atom stereocenters. The quantitative estimate of drug-likeness (QED) is 0.148. The van der Waals surface area contributed by atoms with E-state index in [1.54, 1.807) is 0 Å². The lowest BCUT2D eigenvalue weighted by molar-refractivity contribution is 0.673. The van der Waals surface area contributed by atoms with E-state index in [9.17, 15) is 0 Å². The van der Waals surface area contributed by atoms with E-state index in [4.69, 9.17) is 4.42 Å². The van der Waals surface area contributed by atoms with Crippen molar-refractivity contribution in [3.8, 4) is 44.5 Å². The van der Waals surface area contributed by atoms with Gasteiger partial charge < -0.3 is 9.32 Å².